The lowest BCUT2D eigenvalue weighted by Crippen LogP contribution is -2.42. The van der Waals surface area contributed by atoms with E-state index < -0.39 is 21.7 Å². The lowest BCUT2D eigenvalue weighted by molar-refractivity contribution is 0.0872. The van der Waals surface area contributed by atoms with Crippen LogP contribution in [-0.4, -0.2) is 36.6 Å². The fraction of sp³-hybridized carbons (Fsp3) is 0.263. The van der Waals surface area contributed by atoms with Crippen LogP contribution >= 0.6 is 11.6 Å². The van der Waals surface area contributed by atoms with Crippen LogP contribution in [-0.2, 0) is 10.0 Å². The summed E-state index contributed by atoms with van der Waals surface area (Å²) in [6.45, 7) is 0.440. The number of ketones is 1. The quantitative estimate of drug-likeness (QED) is 0.654. The number of rotatable bonds is 4. The number of carbonyl (C=O) groups is 1. The van der Waals surface area contributed by atoms with E-state index in [0.29, 0.717) is 35.5 Å². The van der Waals surface area contributed by atoms with Crippen molar-refractivity contribution in [2.75, 3.05) is 13.1 Å². The molecule has 1 fully saturated rings. The molecule has 1 aromatic heterocycles. The number of sulfonamides is 1. The van der Waals surface area contributed by atoms with Gasteiger partial charge in [-0.05, 0) is 43.2 Å². The summed E-state index contributed by atoms with van der Waals surface area (Å²) in [5.41, 5.74) is 1.08. The van der Waals surface area contributed by atoms with Gasteiger partial charge in [0.15, 0.2) is 11.4 Å². The number of nitrogens with one attached hydrogen (secondary N) is 1. The van der Waals surface area contributed by atoms with Crippen molar-refractivity contribution in [3.8, 4) is 0 Å². The second kappa shape index (κ2) is 7.20. The fourth-order valence-electron chi connectivity index (χ4n) is 3.49. The Bertz CT molecular complexity index is 1210. The number of Topliss-reactive ketones (excluding diaryl/α,β-unsaturated/α-hetero) is 1. The summed E-state index contributed by atoms with van der Waals surface area (Å²) in [5, 5.41) is 0.466. The van der Waals surface area contributed by atoms with E-state index in [9.17, 15) is 18.0 Å². The standard InChI is InChI=1S/C19H17ClN2O5S/c20-14-5-1-3-12(9-14)18(23)13-4-2-8-22(11-13)28(25,26)15-6-7-17-16(10-15)21-19(24)27-17/h1,3,5-7,9-10,13H,2,4,8,11H2,(H,21,24)/t13-/m1/s1. The number of halogens is 1. The van der Waals surface area contributed by atoms with Crippen molar-refractivity contribution in [3.63, 3.8) is 0 Å². The Morgan fingerprint density at radius 2 is 2.04 bits per heavy atom. The number of piperidine rings is 1. The molecule has 28 heavy (non-hydrogen) atoms. The van der Waals surface area contributed by atoms with Crippen molar-refractivity contribution in [2.45, 2.75) is 17.7 Å². The van der Waals surface area contributed by atoms with E-state index in [2.05, 4.69) is 4.98 Å². The van der Waals surface area contributed by atoms with Crippen molar-refractivity contribution in [1.82, 2.24) is 9.29 Å². The van der Waals surface area contributed by atoms with Crippen molar-refractivity contribution in [1.29, 1.82) is 0 Å². The number of H-pyrrole nitrogens is 1. The predicted octanol–water partition coefficient (Wildman–Crippen LogP) is 3.06. The number of carbonyl (C=O) groups excluding carboxylic acids is 1. The average molecular weight is 421 g/mol. The molecule has 0 aliphatic carbocycles. The van der Waals surface area contributed by atoms with Crippen molar-refractivity contribution in [2.24, 2.45) is 5.92 Å². The molecule has 0 bridgehead atoms. The van der Waals surface area contributed by atoms with Gasteiger partial charge in [-0.3, -0.25) is 9.78 Å². The van der Waals surface area contributed by atoms with Crippen molar-refractivity contribution in [3.05, 3.63) is 63.6 Å². The summed E-state index contributed by atoms with van der Waals surface area (Å²) in [6, 6.07) is 10.9. The topological polar surface area (TPSA) is 100 Å². The zero-order valence-electron chi connectivity index (χ0n) is 14.7. The fourth-order valence-corrected chi connectivity index (χ4v) is 5.23. The number of nitrogens with zero attached hydrogens (tertiary/aromatic N) is 1. The average Bonchev–Trinajstić information content (AvgIpc) is 3.06. The summed E-state index contributed by atoms with van der Waals surface area (Å²) in [5.74, 6) is -1.19. The smallest absolute Gasteiger partial charge is 0.408 e. The van der Waals surface area contributed by atoms with Gasteiger partial charge in [0.05, 0.1) is 10.4 Å². The molecule has 1 aliphatic rings. The van der Waals surface area contributed by atoms with E-state index in [1.165, 1.54) is 22.5 Å². The molecular weight excluding hydrogens is 404 g/mol. The molecule has 2 aromatic carbocycles. The van der Waals surface area contributed by atoms with Gasteiger partial charge in [-0.2, -0.15) is 4.31 Å². The zero-order chi connectivity index (χ0) is 19.9. The van der Waals surface area contributed by atoms with Crippen LogP contribution in [0.5, 0.6) is 0 Å². The van der Waals surface area contributed by atoms with Crippen LogP contribution in [0.1, 0.15) is 23.2 Å². The molecule has 1 atom stereocenters. The second-order valence-electron chi connectivity index (χ2n) is 6.75. The summed E-state index contributed by atoms with van der Waals surface area (Å²) >= 11 is 5.97. The van der Waals surface area contributed by atoms with Gasteiger partial charge in [-0.25, -0.2) is 13.2 Å². The first-order valence-corrected chi connectivity index (χ1v) is 10.6. The van der Waals surface area contributed by atoms with Gasteiger partial charge in [0.2, 0.25) is 10.0 Å². The minimum atomic E-state index is -3.81. The molecule has 1 saturated heterocycles. The Morgan fingerprint density at radius 3 is 2.82 bits per heavy atom. The van der Waals surface area contributed by atoms with E-state index in [4.69, 9.17) is 16.0 Å². The molecule has 9 heteroatoms. The third-order valence-electron chi connectivity index (χ3n) is 4.89. The Hall–Kier alpha value is -2.42. The normalized spacial score (nSPS) is 18.4. The number of aromatic nitrogens is 1. The molecular formula is C19H17ClN2O5S. The number of fused-ring (bicyclic) bond motifs is 1. The molecule has 2 heterocycles. The number of aromatic amines is 1. The lowest BCUT2D eigenvalue weighted by Gasteiger charge is -2.31. The first kappa shape index (κ1) is 18.9. The minimum absolute atomic E-state index is 0.0490. The molecule has 0 radical (unpaired) electrons. The third-order valence-corrected chi connectivity index (χ3v) is 6.99. The van der Waals surface area contributed by atoms with E-state index in [-0.39, 0.29) is 22.8 Å². The number of hydrogen-bond donors (Lipinski definition) is 1. The van der Waals surface area contributed by atoms with Crippen LogP contribution in [0, 0.1) is 5.92 Å². The first-order chi connectivity index (χ1) is 13.3. The van der Waals surface area contributed by atoms with Gasteiger partial charge in [0.1, 0.15) is 0 Å². The van der Waals surface area contributed by atoms with Crippen LogP contribution in [0.4, 0.5) is 0 Å². The molecule has 0 unspecified atom stereocenters. The highest BCUT2D eigenvalue weighted by atomic mass is 35.5. The maximum atomic E-state index is 13.1. The Balaban J connectivity index is 1.60. The zero-order valence-corrected chi connectivity index (χ0v) is 16.3. The third kappa shape index (κ3) is 3.50. The van der Waals surface area contributed by atoms with Crippen LogP contribution in [0.3, 0.4) is 0 Å². The van der Waals surface area contributed by atoms with Gasteiger partial charge in [-0.15, -0.1) is 0 Å². The Kier molecular flexibility index (Phi) is 4.86. The van der Waals surface area contributed by atoms with E-state index in [1.807, 2.05) is 0 Å². The predicted molar refractivity (Wildman–Crippen MR) is 104 cm³/mol. The van der Waals surface area contributed by atoms with Crippen LogP contribution in [0.15, 0.2) is 56.6 Å². The summed E-state index contributed by atoms with van der Waals surface area (Å²) in [7, 11) is -3.81. The Morgan fingerprint density at radius 1 is 1.21 bits per heavy atom. The highest BCUT2D eigenvalue weighted by Crippen LogP contribution is 2.27. The van der Waals surface area contributed by atoms with Gasteiger partial charge in [-0.1, -0.05) is 23.7 Å². The largest absolute Gasteiger partial charge is 0.417 e. The van der Waals surface area contributed by atoms with Crippen LogP contribution in [0.2, 0.25) is 5.02 Å². The summed E-state index contributed by atoms with van der Waals surface area (Å²) < 4.78 is 32.4. The minimum Gasteiger partial charge on any atom is -0.408 e. The molecule has 1 N–H and O–H groups in total. The molecule has 1 aliphatic heterocycles. The molecule has 4 rings (SSSR count). The van der Waals surface area contributed by atoms with E-state index in [0.717, 1.165) is 0 Å². The van der Waals surface area contributed by atoms with Crippen LogP contribution < -0.4 is 5.76 Å². The van der Waals surface area contributed by atoms with Crippen molar-refractivity contribution < 1.29 is 17.6 Å². The lowest BCUT2D eigenvalue weighted by atomic mass is 9.91. The molecule has 0 saturated carbocycles. The molecule has 7 nitrogen and oxygen atoms in total. The number of oxazole rings is 1. The SMILES string of the molecule is O=C(c1cccc(Cl)c1)[C@@H]1CCCN(S(=O)(=O)c2ccc3oc(=O)[nH]c3c2)C1. The van der Waals surface area contributed by atoms with Gasteiger partial charge in [0, 0.05) is 29.6 Å². The number of hydrogen-bond acceptors (Lipinski definition) is 5. The molecule has 0 amide bonds. The van der Waals surface area contributed by atoms with E-state index >= 15 is 0 Å². The van der Waals surface area contributed by atoms with Crippen molar-refractivity contribution >= 4 is 38.5 Å². The number of benzene rings is 2. The van der Waals surface area contributed by atoms with Gasteiger partial charge >= 0.3 is 5.76 Å². The summed E-state index contributed by atoms with van der Waals surface area (Å²) in [6.07, 6.45) is 1.20. The maximum Gasteiger partial charge on any atom is 0.417 e. The highest BCUT2D eigenvalue weighted by Gasteiger charge is 2.34. The molecule has 0 spiro atoms. The summed E-state index contributed by atoms with van der Waals surface area (Å²) in [4.78, 5) is 26.6. The van der Waals surface area contributed by atoms with Crippen LogP contribution in [0.25, 0.3) is 11.1 Å². The Labute approximate surface area is 166 Å². The highest BCUT2D eigenvalue weighted by molar-refractivity contribution is 7.89. The first-order valence-electron chi connectivity index (χ1n) is 8.77. The molecule has 146 valence electrons. The van der Waals surface area contributed by atoms with Gasteiger partial charge < -0.3 is 4.42 Å². The second-order valence-corrected chi connectivity index (χ2v) is 9.12. The van der Waals surface area contributed by atoms with Gasteiger partial charge in [0.25, 0.3) is 0 Å². The molecule has 3 aromatic rings. The monoisotopic (exact) mass is 420 g/mol. The van der Waals surface area contributed by atoms with E-state index in [1.54, 1.807) is 24.3 Å². The maximum absolute atomic E-state index is 13.1.